The maximum absolute atomic E-state index is 13.1. The monoisotopic (exact) mass is 482 g/mol. The summed E-state index contributed by atoms with van der Waals surface area (Å²) < 4.78 is 0. The van der Waals surface area contributed by atoms with Crippen LogP contribution >= 0.6 is 0 Å². The van der Waals surface area contributed by atoms with E-state index < -0.39 is 0 Å². The Hall–Kier alpha value is -3.28. The van der Waals surface area contributed by atoms with Crippen molar-refractivity contribution in [2.75, 3.05) is 17.7 Å². The number of aromatic nitrogens is 1. The van der Waals surface area contributed by atoms with Crippen molar-refractivity contribution in [2.24, 2.45) is 0 Å². The lowest BCUT2D eigenvalue weighted by molar-refractivity contribution is 0.0928. The molecule has 1 fully saturated rings. The van der Waals surface area contributed by atoms with Crippen LogP contribution in [0.3, 0.4) is 0 Å². The van der Waals surface area contributed by atoms with E-state index in [4.69, 9.17) is 4.98 Å². The van der Waals surface area contributed by atoms with Gasteiger partial charge in [0.2, 0.25) is 0 Å². The van der Waals surface area contributed by atoms with E-state index >= 15 is 0 Å². The van der Waals surface area contributed by atoms with Crippen molar-refractivity contribution < 1.29 is 4.79 Å². The van der Waals surface area contributed by atoms with Crippen molar-refractivity contribution >= 4 is 47.6 Å². The number of aryl methyl sites for hydroxylation is 1. The molecule has 4 rings (SSSR count). The van der Waals surface area contributed by atoms with Crippen molar-refractivity contribution in [2.45, 2.75) is 70.9 Å². The highest BCUT2D eigenvalue weighted by Crippen LogP contribution is 2.32. The van der Waals surface area contributed by atoms with Crippen LogP contribution in [0, 0.1) is 6.92 Å². The number of hydrogen-bond donors (Lipinski definition) is 3. The van der Waals surface area contributed by atoms with Gasteiger partial charge in [-0.2, -0.15) is 0 Å². The Bertz CT molecular complexity index is 1290. The first-order valence-electron chi connectivity index (χ1n) is 13.0. The van der Waals surface area contributed by atoms with Gasteiger partial charge in [0.25, 0.3) is 5.91 Å². The lowest BCUT2D eigenvalue weighted by atomic mass is 9.84. The molecule has 0 unspecified atom stereocenters. The number of anilines is 2. The molecule has 1 aromatic heterocycles. The molecule has 1 amide bonds. The Morgan fingerprint density at radius 1 is 1.06 bits per heavy atom. The first-order valence-corrected chi connectivity index (χ1v) is 13.0. The van der Waals surface area contributed by atoms with Crippen LogP contribution in [0.1, 0.15) is 73.6 Å². The predicted octanol–water partition coefficient (Wildman–Crippen LogP) is 4.94. The lowest BCUT2D eigenvalue weighted by Gasteiger charge is -2.31. The van der Waals surface area contributed by atoms with Gasteiger partial charge in [-0.25, -0.2) is 0 Å². The minimum atomic E-state index is -0.0214. The van der Waals surface area contributed by atoms with E-state index in [1.165, 1.54) is 16.6 Å². The third-order valence-corrected chi connectivity index (χ3v) is 7.39. The highest BCUT2D eigenvalue weighted by molar-refractivity contribution is 6.39. The van der Waals surface area contributed by atoms with Crippen molar-refractivity contribution in [3.05, 3.63) is 65.4 Å². The SMILES string of the molecule is Bc1c(C(=O)NC2CCC(Nc3cc(C(C)(C)C)nc4ccc(C)cc34)CC2)ccc(NC)c1C=C. The summed E-state index contributed by atoms with van der Waals surface area (Å²) in [5.41, 5.74) is 8.16. The third kappa shape index (κ3) is 5.43. The molecule has 1 aliphatic carbocycles. The van der Waals surface area contributed by atoms with Gasteiger partial charge < -0.3 is 16.0 Å². The second-order valence-corrected chi connectivity index (χ2v) is 11.1. The second kappa shape index (κ2) is 10.4. The summed E-state index contributed by atoms with van der Waals surface area (Å²) >= 11 is 0. The van der Waals surface area contributed by atoms with Gasteiger partial charge in [0.05, 0.1) is 5.52 Å². The molecule has 36 heavy (non-hydrogen) atoms. The van der Waals surface area contributed by atoms with Gasteiger partial charge in [-0.15, -0.1) is 0 Å². The van der Waals surface area contributed by atoms with E-state index in [0.717, 1.165) is 59.2 Å². The van der Waals surface area contributed by atoms with Crippen LogP contribution in [0.2, 0.25) is 0 Å². The van der Waals surface area contributed by atoms with E-state index in [1.807, 2.05) is 33.1 Å². The summed E-state index contributed by atoms with van der Waals surface area (Å²) in [5, 5.41) is 11.5. The largest absolute Gasteiger partial charge is 0.388 e. The standard InChI is InChI=1S/C30H39BN4O/c1-7-21-24(32-6)15-13-22(28(21)31)29(36)34-20-11-9-19(10-12-20)33-26-17-27(30(3,4)5)35-25-14-8-18(2)16-23(25)26/h7-8,13-17,19-20,32H,1,9-12,31H2,2-6H3,(H,33,35)(H,34,36). The number of fused-ring (bicyclic) bond motifs is 1. The van der Waals surface area contributed by atoms with Crippen LogP contribution in [-0.4, -0.2) is 37.9 Å². The zero-order valence-corrected chi connectivity index (χ0v) is 22.6. The summed E-state index contributed by atoms with van der Waals surface area (Å²) in [4.78, 5) is 18.0. The Balaban J connectivity index is 1.45. The lowest BCUT2D eigenvalue weighted by Crippen LogP contribution is -2.41. The average Bonchev–Trinajstić information content (AvgIpc) is 2.84. The number of rotatable bonds is 6. The van der Waals surface area contributed by atoms with Gasteiger partial charge in [0.15, 0.2) is 0 Å². The van der Waals surface area contributed by atoms with Gasteiger partial charge in [-0.05, 0) is 68.5 Å². The van der Waals surface area contributed by atoms with Crippen molar-refractivity contribution in [1.29, 1.82) is 0 Å². The molecule has 3 N–H and O–H groups in total. The van der Waals surface area contributed by atoms with Crippen LogP contribution in [0.5, 0.6) is 0 Å². The maximum Gasteiger partial charge on any atom is 0.250 e. The smallest absolute Gasteiger partial charge is 0.250 e. The first-order chi connectivity index (χ1) is 17.1. The number of carbonyl (C=O) groups is 1. The number of pyridine rings is 1. The van der Waals surface area contributed by atoms with E-state index in [2.05, 4.69) is 74.5 Å². The Labute approximate surface area is 216 Å². The molecule has 6 heteroatoms. The third-order valence-electron chi connectivity index (χ3n) is 7.39. The summed E-state index contributed by atoms with van der Waals surface area (Å²) in [5.74, 6) is 0.0000780. The topological polar surface area (TPSA) is 66.0 Å². The normalized spacial score (nSPS) is 18.0. The zero-order chi connectivity index (χ0) is 26.0. The van der Waals surface area contributed by atoms with Crippen LogP contribution in [-0.2, 0) is 5.41 Å². The summed E-state index contributed by atoms with van der Waals surface area (Å²) in [6.07, 6.45) is 5.76. The van der Waals surface area contributed by atoms with Gasteiger partial charge in [-0.3, -0.25) is 9.78 Å². The van der Waals surface area contributed by atoms with Crippen molar-refractivity contribution in [3.8, 4) is 0 Å². The summed E-state index contributed by atoms with van der Waals surface area (Å²) in [7, 11) is 3.87. The molecule has 0 aliphatic heterocycles. The molecule has 188 valence electrons. The molecule has 0 radical (unpaired) electrons. The molecule has 0 bridgehead atoms. The molecule has 2 aromatic carbocycles. The van der Waals surface area contributed by atoms with Gasteiger partial charge >= 0.3 is 0 Å². The molecule has 1 saturated carbocycles. The van der Waals surface area contributed by atoms with Crippen LogP contribution in [0.25, 0.3) is 17.0 Å². The highest BCUT2D eigenvalue weighted by Gasteiger charge is 2.25. The minimum absolute atomic E-state index is 0.0000780. The second-order valence-electron chi connectivity index (χ2n) is 11.1. The summed E-state index contributed by atoms with van der Waals surface area (Å²) in [6, 6.07) is 13.1. The molecular formula is C30H39BN4O. The molecule has 5 nitrogen and oxygen atoms in total. The van der Waals surface area contributed by atoms with Crippen molar-refractivity contribution in [1.82, 2.24) is 10.3 Å². The van der Waals surface area contributed by atoms with Crippen LogP contribution < -0.4 is 21.4 Å². The van der Waals surface area contributed by atoms with E-state index in [9.17, 15) is 4.79 Å². The predicted molar refractivity (Wildman–Crippen MR) is 157 cm³/mol. The van der Waals surface area contributed by atoms with Gasteiger partial charge in [0, 0.05) is 52.6 Å². The Morgan fingerprint density at radius 2 is 1.75 bits per heavy atom. The van der Waals surface area contributed by atoms with Crippen LogP contribution in [0.15, 0.2) is 43.0 Å². The van der Waals surface area contributed by atoms with E-state index in [1.54, 1.807) is 0 Å². The quantitative estimate of drug-likeness (QED) is 0.436. The molecule has 0 atom stereocenters. The fraction of sp³-hybridized carbons (Fsp3) is 0.400. The molecule has 1 heterocycles. The number of nitrogens with zero attached hydrogens (tertiary/aromatic N) is 1. The molecule has 1 aliphatic rings. The molecular weight excluding hydrogens is 443 g/mol. The number of benzene rings is 2. The van der Waals surface area contributed by atoms with Gasteiger partial charge in [0.1, 0.15) is 7.85 Å². The average molecular weight is 482 g/mol. The fourth-order valence-corrected chi connectivity index (χ4v) is 5.16. The van der Waals surface area contributed by atoms with Crippen molar-refractivity contribution in [3.63, 3.8) is 0 Å². The van der Waals surface area contributed by atoms with Gasteiger partial charge in [-0.1, -0.05) is 50.5 Å². The zero-order valence-electron chi connectivity index (χ0n) is 22.6. The summed E-state index contributed by atoms with van der Waals surface area (Å²) in [6.45, 7) is 12.7. The maximum atomic E-state index is 13.1. The molecule has 3 aromatic rings. The fourth-order valence-electron chi connectivity index (χ4n) is 5.16. The number of amides is 1. The van der Waals surface area contributed by atoms with Crippen LogP contribution in [0.4, 0.5) is 11.4 Å². The Morgan fingerprint density at radius 3 is 2.39 bits per heavy atom. The molecule has 0 saturated heterocycles. The molecule has 0 spiro atoms. The highest BCUT2D eigenvalue weighted by atomic mass is 16.1. The Kier molecular flexibility index (Phi) is 7.44. The number of hydrogen-bond acceptors (Lipinski definition) is 4. The minimum Gasteiger partial charge on any atom is -0.388 e. The first kappa shape index (κ1) is 25.8. The van der Waals surface area contributed by atoms with E-state index in [0.29, 0.717) is 6.04 Å². The van der Waals surface area contributed by atoms with E-state index in [-0.39, 0.29) is 17.4 Å². The number of nitrogens with one attached hydrogen (secondary N) is 3. The number of carbonyl (C=O) groups excluding carboxylic acids is 1.